The second-order valence-electron chi connectivity index (χ2n) is 5.97. The zero-order chi connectivity index (χ0) is 15.6. The van der Waals surface area contributed by atoms with Crippen molar-refractivity contribution >= 4 is 11.0 Å². The van der Waals surface area contributed by atoms with Crippen molar-refractivity contribution in [2.45, 2.75) is 19.1 Å². The van der Waals surface area contributed by atoms with Crippen LogP contribution in [0.15, 0.2) is 41.4 Å². The molecule has 1 fully saturated rings. The predicted molar refractivity (Wildman–Crippen MR) is 82.3 cm³/mol. The molecule has 7 heteroatoms. The molecule has 1 saturated heterocycles. The third-order valence-electron chi connectivity index (χ3n) is 4.33. The summed E-state index contributed by atoms with van der Waals surface area (Å²) in [6, 6.07) is 5.85. The van der Waals surface area contributed by atoms with Crippen molar-refractivity contribution in [2.24, 2.45) is 5.92 Å². The Balaban J connectivity index is 1.46. The Morgan fingerprint density at radius 2 is 2.17 bits per heavy atom. The Kier molecular flexibility index (Phi) is 3.72. The molecule has 3 aromatic rings. The lowest BCUT2D eigenvalue weighted by atomic mass is 10.0. The number of aliphatic hydroxyl groups excluding tert-OH is 1. The molecule has 3 heterocycles. The van der Waals surface area contributed by atoms with Gasteiger partial charge in [-0.2, -0.15) is 0 Å². The Bertz CT molecular complexity index is 791. The van der Waals surface area contributed by atoms with Crippen LogP contribution in [-0.4, -0.2) is 49.5 Å². The molecule has 118 valence electrons. The summed E-state index contributed by atoms with van der Waals surface area (Å²) >= 11 is 0. The highest BCUT2D eigenvalue weighted by Crippen LogP contribution is 2.24. The summed E-state index contributed by atoms with van der Waals surface area (Å²) in [6.07, 6.45) is 5.49. The van der Waals surface area contributed by atoms with Crippen molar-refractivity contribution in [3.63, 3.8) is 0 Å². The van der Waals surface area contributed by atoms with Crippen LogP contribution in [0.3, 0.4) is 0 Å². The van der Waals surface area contributed by atoms with Gasteiger partial charge in [0.2, 0.25) is 0 Å². The average molecular weight is 311 g/mol. The molecule has 7 nitrogen and oxygen atoms in total. The van der Waals surface area contributed by atoms with Crippen LogP contribution in [0.5, 0.6) is 0 Å². The Morgan fingerprint density at radius 3 is 3.04 bits per heavy atom. The lowest BCUT2D eigenvalue weighted by Gasteiger charge is -2.15. The van der Waals surface area contributed by atoms with Crippen molar-refractivity contribution in [3.8, 4) is 0 Å². The van der Waals surface area contributed by atoms with Gasteiger partial charge in [0.05, 0.1) is 11.8 Å². The molecule has 2 atom stereocenters. The molecule has 0 spiro atoms. The number of β-amino-alcohol motifs (C(OH)–C–C–N with tert-alkyl or cyclic N) is 1. The monoisotopic (exact) mass is 311 g/mol. The van der Waals surface area contributed by atoms with Gasteiger partial charge < -0.3 is 5.11 Å². The zero-order valence-electron chi connectivity index (χ0n) is 12.5. The molecule has 0 radical (unpaired) electrons. The maximum atomic E-state index is 10.3. The second kappa shape index (κ2) is 6.02. The topological polar surface area (TPSA) is 88.2 Å². The minimum Gasteiger partial charge on any atom is -0.391 e. The molecule has 1 aliphatic heterocycles. The highest BCUT2D eigenvalue weighted by Gasteiger charge is 2.31. The van der Waals surface area contributed by atoms with Crippen LogP contribution in [0.4, 0.5) is 0 Å². The molecular formula is C16H17N5O2. The standard InChI is InChI=1S/C16H17N5O2/c22-15-10-21(9-12(15)6-13-7-17-4-5-18-13)8-11-2-1-3-14-16(11)20-23-19-14/h1-5,7,12,15,22H,6,8-10H2/t12-,15-/m1/s1. The molecule has 1 aromatic carbocycles. The van der Waals surface area contributed by atoms with E-state index in [-0.39, 0.29) is 12.0 Å². The fourth-order valence-electron chi connectivity index (χ4n) is 3.21. The number of nitrogens with zero attached hydrogens (tertiary/aromatic N) is 5. The molecule has 4 rings (SSSR count). The maximum Gasteiger partial charge on any atom is 0.139 e. The quantitative estimate of drug-likeness (QED) is 0.770. The number of aliphatic hydroxyl groups is 1. The van der Waals surface area contributed by atoms with Crippen molar-refractivity contribution in [2.75, 3.05) is 13.1 Å². The summed E-state index contributed by atoms with van der Waals surface area (Å²) < 4.78 is 4.81. The van der Waals surface area contributed by atoms with Crippen LogP contribution in [0.2, 0.25) is 0 Å². The number of hydrogen-bond acceptors (Lipinski definition) is 7. The number of benzene rings is 1. The Morgan fingerprint density at radius 1 is 1.22 bits per heavy atom. The first kappa shape index (κ1) is 14.2. The van der Waals surface area contributed by atoms with Crippen molar-refractivity contribution in [1.29, 1.82) is 0 Å². The zero-order valence-corrected chi connectivity index (χ0v) is 12.5. The van der Waals surface area contributed by atoms with E-state index in [1.165, 1.54) is 0 Å². The smallest absolute Gasteiger partial charge is 0.139 e. The summed E-state index contributed by atoms with van der Waals surface area (Å²) in [5.74, 6) is 0.168. The number of fused-ring (bicyclic) bond motifs is 1. The molecule has 0 unspecified atom stereocenters. The van der Waals surface area contributed by atoms with E-state index in [1.807, 2.05) is 18.2 Å². The van der Waals surface area contributed by atoms with Crippen LogP contribution in [0.25, 0.3) is 11.0 Å². The summed E-state index contributed by atoms with van der Waals surface area (Å²) in [7, 11) is 0. The molecule has 1 aliphatic rings. The van der Waals surface area contributed by atoms with E-state index in [9.17, 15) is 5.11 Å². The van der Waals surface area contributed by atoms with Crippen molar-refractivity contribution in [3.05, 3.63) is 48.0 Å². The molecule has 0 aliphatic carbocycles. The summed E-state index contributed by atoms with van der Waals surface area (Å²) in [5, 5.41) is 18.2. The third kappa shape index (κ3) is 2.93. The summed E-state index contributed by atoms with van der Waals surface area (Å²) in [5.41, 5.74) is 3.54. The SMILES string of the molecule is O[C@@H]1CN(Cc2cccc3nonc23)C[C@H]1Cc1cnccn1. The van der Waals surface area contributed by atoms with Gasteiger partial charge in [-0.1, -0.05) is 12.1 Å². The highest BCUT2D eigenvalue weighted by molar-refractivity contribution is 5.76. The fraction of sp³-hybridized carbons (Fsp3) is 0.375. The molecule has 0 saturated carbocycles. The van der Waals surface area contributed by atoms with E-state index in [0.717, 1.165) is 41.8 Å². The van der Waals surface area contributed by atoms with Gasteiger partial charge in [-0.15, -0.1) is 0 Å². The van der Waals surface area contributed by atoms with E-state index in [2.05, 4.69) is 25.2 Å². The minimum atomic E-state index is -0.355. The van der Waals surface area contributed by atoms with Gasteiger partial charge >= 0.3 is 0 Å². The van der Waals surface area contributed by atoms with Gasteiger partial charge in [0.25, 0.3) is 0 Å². The Labute approximate surface area is 132 Å². The number of hydrogen-bond donors (Lipinski definition) is 1. The molecule has 2 aromatic heterocycles. The predicted octanol–water partition coefficient (Wildman–Crippen LogP) is 1.05. The fourth-order valence-corrected chi connectivity index (χ4v) is 3.21. The van der Waals surface area contributed by atoms with Gasteiger partial charge in [0, 0.05) is 44.1 Å². The summed E-state index contributed by atoms with van der Waals surface area (Å²) in [6.45, 7) is 2.19. The van der Waals surface area contributed by atoms with E-state index >= 15 is 0 Å². The van der Waals surface area contributed by atoms with E-state index in [4.69, 9.17) is 4.63 Å². The second-order valence-corrected chi connectivity index (χ2v) is 5.97. The van der Waals surface area contributed by atoms with Crippen LogP contribution >= 0.6 is 0 Å². The van der Waals surface area contributed by atoms with E-state index in [1.54, 1.807) is 18.6 Å². The number of rotatable bonds is 4. The van der Waals surface area contributed by atoms with Crippen LogP contribution < -0.4 is 0 Å². The minimum absolute atomic E-state index is 0.168. The highest BCUT2D eigenvalue weighted by atomic mass is 16.6. The third-order valence-corrected chi connectivity index (χ3v) is 4.33. The lowest BCUT2D eigenvalue weighted by Crippen LogP contribution is -2.21. The Hall–Kier alpha value is -2.38. The molecule has 23 heavy (non-hydrogen) atoms. The average Bonchev–Trinajstić information content (AvgIpc) is 3.16. The van der Waals surface area contributed by atoms with E-state index in [0.29, 0.717) is 6.54 Å². The normalized spacial score (nSPS) is 22.0. The summed E-state index contributed by atoms with van der Waals surface area (Å²) in [4.78, 5) is 10.6. The number of aromatic nitrogens is 4. The first-order valence-electron chi connectivity index (χ1n) is 7.65. The largest absolute Gasteiger partial charge is 0.391 e. The van der Waals surface area contributed by atoms with Gasteiger partial charge in [-0.3, -0.25) is 14.9 Å². The van der Waals surface area contributed by atoms with Gasteiger partial charge in [-0.05, 0) is 28.4 Å². The van der Waals surface area contributed by atoms with Crippen molar-refractivity contribution < 1.29 is 9.74 Å². The molecule has 1 N–H and O–H groups in total. The van der Waals surface area contributed by atoms with Gasteiger partial charge in [0.1, 0.15) is 11.0 Å². The number of likely N-dealkylation sites (tertiary alicyclic amines) is 1. The molecule has 0 bridgehead atoms. The van der Waals surface area contributed by atoms with Crippen LogP contribution in [0, 0.1) is 5.92 Å². The lowest BCUT2D eigenvalue weighted by molar-refractivity contribution is 0.140. The maximum absolute atomic E-state index is 10.3. The van der Waals surface area contributed by atoms with Gasteiger partial charge in [0.15, 0.2) is 0 Å². The first-order valence-corrected chi connectivity index (χ1v) is 7.65. The van der Waals surface area contributed by atoms with E-state index < -0.39 is 0 Å². The molecule has 0 amide bonds. The van der Waals surface area contributed by atoms with Crippen molar-refractivity contribution in [1.82, 2.24) is 25.2 Å². The molecular weight excluding hydrogens is 294 g/mol. The van der Waals surface area contributed by atoms with Crippen LogP contribution in [-0.2, 0) is 13.0 Å². The van der Waals surface area contributed by atoms with Gasteiger partial charge in [-0.25, -0.2) is 4.63 Å². The van der Waals surface area contributed by atoms with Crippen LogP contribution in [0.1, 0.15) is 11.3 Å². The first-order chi connectivity index (χ1) is 11.3.